The number of hydrogen-bond donors (Lipinski definition) is 1. The van der Waals surface area contributed by atoms with Crippen LogP contribution in [0.25, 0.3) is 10.2 Å². The van der Waals surface area contributed by atoms with E-state index in [9.17, 15) is 9.59 Å². The van der Waals surface area contributed by atoms with Gasteiger partial charge in [0.1, 0.15) is 11.4 Å². The van der Waals surface area contributed by atoms with Gasteiger partial charge >= 0.3 is 0 Å². The molecule has 9 heteroatoms. The number of nitrogens with one attached hydrogen (secondary N) is 1. The van der Waals surface area contributed by atoms with Gasteiger partial charge in [-0.25, -0.2) is 10.4 Å². The maximum absolute atomic E-state index is 12.4. The lowest BCUT2D eigenvalue weighted by molar-refractivity contribution is -0.121. The van der Waals surface area contributed by atoms with E-state index in [1.54, 1.807) is 18.2 Å². The number of hydrogen-bond acceptors (Lipinski definition) is 5. The van der Waals surface area contributed by atoms with Crippen molar-refractivity contribution in [2.45, 2.75) is 19.9 Å². The van der Waals surface area contributed by atoms with Crippen LogP contribution in [0.5, 0.6) is 0 Å². The van der Waals surface area contributed by atoms with Gasteiger partial charge in [0.2, 0.25) is 0 Å². The Labute approximate surface area is 163 Å². The fourth-order valence-corrected chi connectivity index (χ4v) is 3.49. The second-order valence-corrected chi connectivity index (χ2v) is 7.36. The molecule has 1 aromatic carbocycles. The zero-order valence-corrected chi connectivity index (χ0v) is 16.0. The summed E-state index contributed by atoms with van der Waals surface area (Å²) in [6.45, 7) is 1.85. The Morgan fingerprint density at radius 2 is 2.15 bits per heavy atom. The Bertz CT molecular complexity index is 1060. The molecule has 0 bridgehead atoms. The Kier molecular flexibility index (Phi) is 5.70. The molecular weight excluding hydrogens is 395 g/mol. The average molecular weight is 409 g/mol. The number of benzene rings is 1. The highest BCUT2D eigenvalue weighted by atomic mass is 35.5. The van der Waals surface area contributed by atoms with Gasteiger partial charge in [-0.3, -0.25) is 14.2 Å². The summed E-state index contributed by atoms with van der Waals surface area (Å²) >= 11 is 13.2. The molecule has 134 valence electrons. The predicted molar refractivity (Wildman–Crippen MR) is 105 cm³/mol. The molecule has 0 atom stereocenters. The van der Waals surface area contributed by atoms with Crippen molar-refractivity contribution < 1.29 is 4.79 Å². The first kappa shape index (κ1) is 18.6. The van der Waals surface area contributed by atoms with Crippen LogP contribution in [-0.2, 0) is 17.8 Å². The molecule has 0 aliphatic heterocycles. The highest BCUT2D eigenvalue weighted by molar-refractivity contribution is 7.18. The molecule has 1 N–H and O–H groups in total. The Morgan fingerprint density at radius 3 is 2.88 bits per heavy atom. The third kappa shape index (κ3) is 4.12. The minimum Gasteiger partial charge on any atom is -0.289 e. The molecule has 2 heterocycles. The molecular formula is C17H14Cl2N4O2S. The molecule has 26 heavy (non-hydrogen) atoms. The van der Waals surface area contributed by atoms with Crippen molar-refractivity contribution in [1.82, 2.24) is 15.0 Å². The summed E-state index contributed by atoms with van der Waals surface area (Å²) in [5.74, 6) is -0.435. The number of fused-ring (bicyclic) bond motifs is 1. The van der Waals surface area contributed by atoms with Gasteiger partial charge in [0.25, 0.3) is 11.5 Å². The number of hydrazone groups is 1. The van der Waals surface area contributed by atoms with Crippen LogP contribution in [0.4, 0.5) is 0 Å². The van der Waals surface area contributed by atoms with Gasteiger partial charge in [0.05, 0.1) is 28.0 Å². The van der Waals surface area contributed by atoms with Crippen molar-refractivity contribution in [2.75, 3.05) is 0 Å². The molecule has 0 unspecified atom stereocenters. The second-order valence-electron chi connectivity index (χ2n) is 5.43. The van der Waals surface area contributed by atoms with Gasteiger partial charge in [-0.15, -0.1) is 11.3 Å². The Balaban J connectivity index is 1.69. The molecule has 3 aromatic rings. The molecule has 0 radical (unpaired) electrons. The number of amides is 1. The van der Waals surface area contributed by atoms with Crippen molar-refractivity contribution in [3.8, 4) is 0 Å². The molecule has 0 aliphatic carbocycles. The van der Waals surface area contributed by atoms with Crippen molar-refractivity contribution in [1.29, 1.82) is 0 Å². The number of thiophene rings is 1. The first-order valence-electron chi connectivity index (χ1n) is 7.72. The monoisotopic (exact) mass is 408 g/mol. The van der Waals surface area contributed by atoms with Crippen molar-refractivity contribution in [2.24, 2.45) is 5.10 Å². The predicted octanol–water partition coefficient (Wildman–Crippen LogP) is 3.48. The summed E-state index contributed by atoms with van der Waals surface area (Å²) in [6.07, 6.45) is 3.66. The van der Waals surface area contributed by atoms with Gasteiger partial charge in [-0.05, 0) is 30.2 Å². The lowest BCUT2D eigenvalue weighted by Crippen LogP contribution is -2.29. The molecule has 3 rings (SSSR count). The van der Waals surface area contributed by atoms with E-state index >= 15 is 0 Å². The largest absolute Gasteiger partial charge is 0.289 e. The summed E-state index contributed by atoms with van der Waals surface area (Å²) in [6, 6.07) is 6.81. The van der Waals surface area contributed by atoms with Gasteiger partial charge in [0, 0.05) is 4.88 Å². The van der Waals surface area contributed by atoms with Crippen LogP contribution < -0.4 is 11.0 Å². The van der Waals surface area contributed by atoms with Crippen LogP contribution in [0.1, 0.15) is 17.4 Å². The molecule has 0 saturated carbocycles. The summed E-state index contributed by atoms with van der Waals surface area (Å²) in [7, 11) is 0. The van der Waals surface area contributed by atoms with Crippen LogP contribution in [-0.4, -0.2) is 21.7 Å². The van der Waals surface area contributed by atoms with Crippen LogP contribution in [0.15, 0.2) is 40.5 Å². The topological polar surface area (TPSA) is 76.3 Å². The van der Waals surface area contributed by atoms with E-state index in [1.807, 2.05) is 13.0 Å². The highest BCUT2D eigenvalue weighted by Gasteiger charge is 2.10. The molecule has 1 amide bonds. The molecule has 0 fully saturated rings. The minimum atomic E-state index is -0.435. The van der Waals surface area contributed by atoms with Gasteiger partial charge in [-0.2, -0.15) is 5.10 Å². The van der Waals surface area contributed by atoms with Crippen molar-refractivity contribution in [3.05, 3.63) is 61.4 Å². The number of aryl methyl sites for hydroxylation is 1. The van der Waals surface area contributed by atoms with E-state index in [0.29, 0.717) is 25.8 Å². The normalized spacial score (nSPS) is 11.3. The van der Waals surface area contributed by atoms with Crippen LogP contribution in [0.3, 0.4) is 0 Å². The average Bonchev–Trinajstić information content (AvgIpc) is 3.05. The van der Waals surface area contributed by atoms with Crippen molar-refractivity contribution in [3.63, 3.8) is 0 Å². The number of halogens is 2. The highest BCUT2D eigenvalue weighted by Crippen LogP contribution is 2.22. The number of carbonyl (C=O) groups excluding carboxylic acids is 1. The lowest BCUT2D eigenvalue weighted by Gasteiger charge is -2.03. The molecule has 0 spiro atoms. The van der Waals surface area contributed by atoms with Gasteiger partial charge in [0.15, 0.2) is 0 Å². The zero-order valence-electron chi connectivity index (χ0n) is 13.7. The van der Waals surface area contributed by atoms with Crippen LogP contribution in [0.2, 0.25) is 10.0 Å². The van der Waals surface area contributed by atoms with E-state index in [1.165, 1.54) is 28.4 Å². The van der Waals surface area contributed by atoms with E-state index in [2.05, 4.69) is 15.5 Å². The third-order valence-corrected chi connectivity index (χ3v) is 5.50. The second kappa shape index (κ2) is 7.99. The molecule has 0 saturated heterocycles. The van der Waals surface area contributed by atoms with E-state index < -0.39 is 5.91 Å². The lowest BCUT2D eigenvalue weighted by atomic mass is 10.2. The first-order chi connectivity index (χ1) is 12.5. The van der Waals surface area contributed by atoms with Gasteiger partial charge < -0.3 is 0 Å². The number of aromatic nitrogens is 2. The summed E-state index contributed by atoms with van der Waals surface area (Å²) < 4.78 is 1.26. The number of nitrogens with zero attached hydrogens (tertiary/aromatic N) is 3. The quantitative estimate of drug-likeness (QED) is 0.518. The number of carbonyl (C=O) groups is 1. The molecule has 2 aromatic heterocycles. The standard InChI is InChI=1S/C17H14Cl2N4O2S/c1-2-11-6-12-16(26-11)20-9-23(17(12)25)8-15(24)22-21-7-10-3-4-13(18)14(19)5-10/h3-7,9H,2,8H2,1H3,(H,22,24). The van der Waals surface area contributed by atoms with Crippen LogP contribution in [0, 0.1) is 0 Å². The van der Waals surface area contributed by atoms with Gasteiger partial charge in [-0.1, -0.05) is 36.2 Å². The first-order valence-corrected chi connectivity index (χ1v) is 9.30. The number of rotatable bonds is 5. The van der Waals surface area contributed by atoms with E-state index in [-0.39, 0.29) is 12.1 Å². The minimum absolute atomic E-state index is 0.169. The zero-order chi connectivity index (χ0) is 18.7. The van der Waals surface area contributed by atoms with Crippen LogP contribution >= 0.6 is 34.5 Å². The fourth-order valence-electron chi connectivity index (χ4n) is 2.26. The summed E-state index contributed by atoms with van der Waals surface area (Å²) in [5.41, 5.74) is 2.82. The van der Waals surface area contributed by atoms with E-state index in [4.69, 9.17) is 23.2 Å². The third-order valence-electron chi connectivity index (χ3n) is 3.58. The maximum Gasteiger partial charge on any atom is 0.262 e. The Hall–Kier alpha value is -2.22. The smallest absolute Gasteiger partial charge is 0.262 e. The molecule has 0 aliphatic rings. The maximum atomic E-state index is 12.4. The Morgan fingerprint density at radius 1 is 1.35 bits per heavy atom. The SMILES string of the molecule is CCc1cc2c(=O)n(CC(=O)NN=Cc3ccc(Cl)c(Cl)c3)cnc2s1. The van der Waals surface area contributed by atoms with Crippen molar-refractivity contribution >= 4 is 56.9 Å². The summed E-state index contributed by atoms with van der Waals surface area (Å²) in [5, 5.41) is 5.22. The van der Waals surface area contributed by atoms with E-state index in [0.717, 1.165) is 11.3 Å². The summed E-state index contributed by atoms with van der Waals surface area (Å²) in [4.78, 5) is 30.5. The fraction of sp³-hybridized carbons (Fsp3) is 0.176. The molecule has 6 nitrogen and oxygen atoms in total.